The van der Waals surface area contributed by atoms with Gasteiger partial charge in [0.2, 0.25) is 5.82 Å². The highest BCUT2D eigenvalue weighted by Gasteiger charge is 2.44. The largest absolute Gasteiger partial charge is 0.387 e. The third-order valence-electron chi connectivity index (χ3n) is 5.43. The molecule has 14 heteroatoms. The number of aromatic nitrogens is 3. The molecule has 2 unspecified atom stereocenters. The molecule has 35 heavy (non-hydrogen) atoms. The number of hydrogen-bond acceptors (Lipinski definition) is 10. The van der Waals surface area contributed by atoms with E-state index in [2.05, 4.69) is 24.8 Å². The molecule has 1 aliphatic heterocycles. The number of fused-ring (bicyclic) bond motifs is 1. The molecule has 0 amide bonds. The number of anilines is 1. The van der Waals surface area contributed by atoms with Crippen LogP contribution in [0.5, 0.6) is 0 Å². The van der Waals surface area contributed by atoms with E-state index in [0.29, 0.717) is 11.2 Å². The lowest BCUT2D eigenvalue weighted by molar-refractivity contribution is -0.238. The zero-order chi connectivity index (χ0) is 25.3. The van der Waals surface area contributed by atoms with Gasteiger partial charge in [-0.25, -0.2) is 19.2 Å². The van der Waals surface area contributed by atoms with Gasteiger partial charge in [-0.2, -0.15) is 5.26 Å². The number of nitriles is 1. The molecule has 0 radical (unpaired) electrons. The van der Waals surface area contributed by atoms with Crippen molar-refractivity contribution in [3.8, 4) is 6.07 Å². The Morgan fingerprint density at radius 2 is 2.00 bits per heavy atom. The van der Waals surface area contributed by atoms with Crippen molar-refractivity contribution < 1.29 is 38.4 Å². The SMILES string of the molecule is CC(Nc1nc(C#N)nc2c1ccn2[C@@H]1O[C@H](COOP(C)(=O)O)[C@@H](O)[C@H]1O)c1ccc(F)cc1. The number of rotatable bonds is 8. The van der Waals surface area contributed by atoms with E-state index in [-0.39, 0.29) is 23.3 Å². The van der Waals surface area contributed by atoms with Crippen LogP contribution in [0.1, 0.15) is 30.6 Å². The maximum Gasteiger partial charge on any atom is 0.352 e. The number of benzene rings is 1. The molecule has 186 valence electrons. The van der Waals surface area contributed by atoms with Crippen LogP contribution in [0.4, 0.5) is 10.2 Å². The van der Waals surface area contributed by atoms with Gasteiger partial charge in [0.25, 0.3) is 0 Å². The minimum atomic E-state index is -3.91. The molecule has 0 bridgehead atoms. The Kier molecular flexibility index (Phi) is 7.16. The second-order valence-corrected chi connectivity index (χ2v) is 9.85. The van der Waals surface area contributed by atoms with Gasteiger partial charge in [-0.15, -0.1) is 4.67 Å². The fraction of sp³-hybridized carbons (Fsp3) is 0.381. The summed E-state index contributed by atoms with van der Waals surface area (Å²) < 4.78 is 36.0. The molecule has 0 spiro atoms. The number of nitrogens with one attached hydrogen (secondary N) is 1. The molecule has 6 atom stereocenters. The molecule has 4 N–H and O–H groups in total. The van der Waals surface area contributed by atoms with Crippen molar-refractivity contribution in [2.24, 2.45) is 0 Å². The minimum Gasteiger partial charge on any atom is -0.387 e. The maximum atomic E-state index is 13.3. The Morgan fingerprint density at radius 3 is 2.66 bits per heavy atom. The van der Waals surface area contributed by atoms with Crippen LogP contribution >= 0.6 is 7.60 Å². The van der Waals surface area contributed by atoms with E-state index in [1.807, 2.05) is 13.0 Å². The van der Waals surface area contributed by atoms with Crippen molar-refractivity contribution in [2.45, 2.75) is 37.5 Å². The summed E-state index contributed by atoms with van der Waals surface area (Å²) in [5.41, 5.74) is 1.05. The maximum absolute atomic E-state index is 13.3. The summed E-state index contributed by atoms with van der Waals surface area (Å²) in [6, 6.07) is 9.21. The lowest BCUT2D eigenvalue weighted by Crippen LogP contribution is -2.33. The topological polar surface area (TPSA) is 172 Å². The first-order chi connectivity index (χ1) is 16.6. The standard InChI is InChI=1S/C21H23FN5O7P/c1-11(12-3-5-13(22)6-4-12)24-19-14-7-8-27(20(14)26-16(9-23)25-19)21-18(29)17(28)15(33-21)10-32-34-35(2,30)31/h3-8,11,15,17-18,21,28-29H,10H2,1-2H3,(H,30,31)(H,24,25,26)/t11?,15-,17-,18-,21-/m1/s1. The van der Waals surface area contributed by atoms with E-state index in [1.54, 1.807) is 24.4 Å². The van der Waals surface area contributed by atoms with Crippen LogP contribution in [-0.2, 0) is 18.9 Å². The number of ether oxygens (including phenoxy) is 1. The quantitative estimate of drug-likeness (QED) is 0.200. The molecular weight excluding hydrogens is 484 g/mol. The predicted molar refractivity (Wildman–Crippen MR) is 119 cm³/mol. The molecule has 3 heterocycles. The van der Waals surface area contributed by atoms with Crippen LogP contribution in [0.15, 0.2) is 36.5 Å². The molecule has 2 aromatic heterocycles. The van der Waals surface area contributed by atoms with Gasteiger partial charge in [0.05, 0.1) is 5.39 Å². The molecule has 0 aliphatic carbocycles. The summed E-state index contributed by atoms with van der Waals surface area (Å²) >= 11 is 0. The summed E-state index contributed by atoms with van der Waals surface area (Å²) in [6.07, 6.45) is -3.43. The van der Waals surface area contributed by atoms with E-state index in [1.165, 1.54) is 16.7 Å². The Morgan fingerprint density at radius 1 is 1.29 bits per heavy atom. The van der Waals surface area contributed by atoms with Crippen molar-refractivity contribution in [1.29, 1.82) is 5.26 Å². The van der Waals surface area contributed by atoms with E-state index < -0.39 is 38.7 Å². The average Bonchev–Trinajstić information content (AvgIpc) is 3.35. The fourth-order valence-corrected chi connectivity index (χ4v) is 3.99. The molecule has 12 nitrogen and oxygen atoms in total. The highest BCUT2D eigenvalue weighted by Crippen LogP contribution is 2.38. The Labute approximate surface area is 199 Å². The minimum absolute atomic E-state index is 0.144. The number of hydrogen-bond donors (Lipinski definition) is 4. The first-order valence-corrected chi connectivity index (χ1v) is 12.5. The van der Waals surface area contributed by atoms with Gasteiger partial charge in [0, 0.05) is 18.9 Å². The van der Waals surface area contributed by atoms with E-state index in [0.717, 1.165) is 12.2 Å². The van der Waals surface area contributed by atoms with Crippen LogP contribution in [0.25, 0.3) is 11.0 Å². The molecule has 1 fully saturated rings. The highest BCUT2D eigenvalue weighted by molar-refractivity contribution is 7.51. The molecule has 0 saturated carbocycles. The van der Waals surface area contributed by atoms with Crippen molar-refractivity contribution >= 4 is 24.4 Å². The van der Waals surface area contributed by atoms with Crippen LogP contribution in [0.3, 0.4) is 0 Å². The molecule has 1 saturated heterocycles. The normalized spacial score (nSPS) is 24.7. The Hall–Kier alpha value is -2.95. The van der Waals surface area contributed by atoms with Gasteiger partial charge < -0.3 is 29.7 Å². The first kappa shape index (κ1) is 25.2. The van der Waals surface area contributed by atoms with Crippen molar-refractivity contribution in [2.75, 3.05) is 18.6 Å². The third kappa shape index (κ3) is 5.50. The van der Waals surface area contributed by atoms with Gasteiger partial charge in [-0.05, 0) is 30.7 Å². The lowest BCUT2D eigenvalue weighted by atomic mass is 10.1. The van der Waals surface area contributed by atoms with Crippen LogP contribution in [-0.4, -0.2) is 61.2 Å². The fourth-order valence-electron chi connectivity index (χ4n) is 3.73. The molecule has 4 rings (SSSR count). The summed E-state index contributed by atoms with van der Waals surface area (Å²) in [6.45, 7) is 2.35. The van der Waals surface area contributed by atoms with Crippen molar-refractivity contribution in [3.63, 3.8) is 0 Å². The summed E-state index contributed by atoms with van der Waals surface area (Å²) in [4.78, 5) is 22.3. The number of halogens is 1. The lowest BCUT2D eigenvalue weighted by Gasteiger charge is -2.19. The highest BCUT2D eigenvalue weighted by atomic mass is 31.2. The molecule has 1 aliphatic rings. The third-order valence-corrected chi connectivity index (χ3v) is 5.81. The average molecular weight is 507 g/mol. The van der Waals surface area contributed by atoms with Crippen LogP contribution < -0.4 is 5.32 Å². The second kappa shape index (κ2) is 9.96. The van der Waals surface area contributed by atoms with Crippen LogP contribution in [0.2, 0.25) is 0 Å². The van der Waals surface area contributed by atoms with Crippen LogP contribution in [0, 0.1) is 17.1 Å². The van der Waals surface area contributed by atoms with E-state index >= 15 is 0 Å². The monoisotopic (exact) mass is 507 g/mol. The van der Waals surface area contributed by atoms with Crippen molar-refractivity contribution in [3.05, 3.63) is 53.7 Å². The van der Waals surface area contributed by atoms with Gasteiger partial charge in [0.1, 0.15) is 48.3 Å². The smallest absolute Gasteiger partial charge is 0.352 e. The summed E-state index contributed by atoms with van der Waals surface area (Å²) in [5.74, 6) is -0.166. The molecule has 3 aromatic rings. The second-order valence-electron chi connectivity index (χ2n) is 8.09. The summed E-state index contributed by atoms with van der Waals surface area (Å²) in [5, 5.41) is 34.1. The predicted octanol–water partition coefficient (Wildman–Crippen LogP) is 2.00. The molecule has 1 aromatic carbocycles. The number of aliphatic hydroxyl groups is 2. The van der Waals surface area contributed by atoms with Gasteiger partial charge in [0.15, 0.2) is 6.23 Å². The van der Waals surface area contributed by atoms with Gasteiger partial charge >= 0.3 is 7.60 Å². The number of aliphatic hydroxyl groups excluding tert-OH is 2. The summed E-state index contributed by atoms with van der Waals surface area (Å²) in [7, 11) is -3.91. The van der Waals surface area contributed by atoms with Crippen molar-refractivity contribution in [1.82, 2.24) is 14.5 Å². The number of nitrogens with zero attached hydrogens (tertiary/aromatic N) is 4. The molecular formula is C21H23FN5O7P. The Bertz CT molecular complexity index is 1290. The van der Waals surface area contributed by atoms with E-state index in [9.17, 15) is 24.4 Å². The first-order valence-electron chi connectivity index (χ1n) is 10.5. The zero-order valence-corrected chi connectivity index (χ0v) is 19.5. The van der Waals surface area contributed by atoms with Gasteiger partial charge in [-0.1, -0.05) is 12.1 Å². The zero-order valence-electron chi connectivity index (χ0n) is 18.6. The Balaban J connectivity index is 1.60. The van der Waals surface area contributed by atoms with E-state index in [4.69, 9.17) is 9.63 Å². The van der Waals surface area contributed by atoms with Gasteiger partial charge in [-0.3, -0.25) is 4.57 Å².